The van der Waals surface area contributed by atoms with Crippen molar-refractivity contribution in [1.29, 1.82) is 5.26 Å². The van der Waals surface area contributed by atoms with Gasteiger partial charge in [0.05, 0.1) is 24.1 Å². The number of carbonyl (C=O) groups excluding carboxylic acids is 1. The first-order chi connectivity index (χ1) is 11.6. The van der Waals surface area contributed by atoms with E-state index in [1.54, 1.807) is 37.4 Å². The zero-order chi connectivity index (χ0) is 17.1. The first-order valence-corrected chi connectivity index (χ1v) is 7.29. The molecule has 3 aromatic rings. The minimum Gasteiger partial charge on any atom is -0.467 e. The summed E-state index contributed by atoms with van der Waals surface area (Å²) in [5.74, 6) is -0.208. The molecular formula is C18H14FN3O2. The number of furan rings is 1. The number of amides is 1. The van der Waals surface area contributed by atoms with Gasteiger partial charge in [0.2, 0.25) is 0 Å². The van der Waals surface area contributed by atoms with Gasteiger partial charge in [0.1, 0.15) is 23.3 Å². The van der Waals surface area contributed by atoms with Gasteiger partial charge < -0.3 is 14.3 Å². The lowest BCUT2D eigenvalue weighted by Crippen LogP contribution is -2.26. The molecule has 120 valence electrons. The summed E-state index contributed by atoms with van der Waals surface area (Å²) in [6, 6.07) is 11.6. The summed E-state index contributed by atoms with van der Waals surface area (Å²) in [5.41, 5.74) is 1.30. The highest BCUT2D eigenvalue weighted by Crippen LogP contribution is 2.22. The van der Waals surface area contributed by atoms with Crippen molar-refractivity contribution in [3.63, 3.8) is 0 Å². The summed E-state index contributed by atoms with van der Waals surface area (Å²) >= 11 is 0. The van der Waals surface area contributed by atoms with E-state index in [1.165, 1.54) is 23.0 Å². The highest BCUT2D eigenvalue weighted by Gasteiger charge is 2.20. The molecule has 0 spiro atoms. The van der Waals surface area contributed by atoms with Crippen LogP contribution in [-0.4, -0.2) is 10.5 Å². The number of hydrogen-bond donors (Lipinski definition) is 1. The molecule has 0 saturated carbocycles. The van der Waals surface area contributed by atoms with Crippen molar-refractivity contribution < 1.29 is 13.6 Å². The Labute approximate surface area is 137 Å². The smallest absolute Gasteiger partial charge is 0.270 e. The van der Waals surface area contributed by atoms with Gasteiger partial charge in [-0.2, -0.15) is 5.26 Å². The fourth-order valence-corrected chi connectivity index (χ4v) is 2.48. The Morgan fingerprint density at radius 1 is 1.33 bits per heavy atom. The Morgan fingerprint density at radius 3 is 2.88 bits per heavy atom. The predicted molar refractivity (Wildman–Crippen MR) is 85.1 cm³/mol. The van der Waals surface area contributed by atoms with E-state index >= 15 is 0 Å². The zero-order valence-corrected chi connectivity index (χ0v) is 12.9. The van der Waals surface area contributed by atoms with Crippen LogP contribution in [0.2, 0.25) is 0 Å². The predicted octanol–water partition coefficient (Wildman–Crippen LogP) is 3.32. The number of nitriles is 1. The number of benzene rings is 1. The molecule has 0 aliphatic carbocycles. The maximum atomic E-state index is 13.8. The van der Waals surface area contributed by atoms with Crippen molar-refractivity contribution >= 4 is 5.91 Å². The lowest BCUT2D eigenvalue weighted by atomic mass is 10.1. The first-order valence-electron chi connectivity index (χ1n) is 7.29. The van der Waals surface area contributed by atoms with Gasteiger partial charge in [-0.1, -0.05) is 6.07 Å². The maximum absolute atomic E-state index is 13.8. The molecule has 0 atom stereocenters. The van der Waals surface area contributed by atoms with Crippen LogP contribution in [-0.2, 0) is 6.54 Å². The Balaban J connectivity index is 1.98. The van der Waals surface area contributed by atoms with Crippen LogP contribution in [0.1, 0.15) is 27.4 Å². The van der Waals surface area contributed by atoms with Gasteiger partial charge >= 0.3 is 0 Å². The minimum atomic E-state index is -0.434. The second kappa shape index (κ2) is 6.42. The molecule has 0 saturated heterocycles. The first kappa shape index (κ1) is 15.6. The molecule has 0 bridgehead atoms. The van der Waals surface area contributed by atoms with Crippen LogP contribution in [0.4, 0.5) is 4.39 Å². The van der Waals surface area contributed by atoms with Gasteiger partial charge in [-0.05, 0) is 37.3 Å². The standard InChI is InChI=1S/C18H14FN3O2/c1-12-15(19)5-2-6-16(12)22-8-7-13(10-20)17(22)18(23)21-11-14-4-3-9-24-14/h2-9H,11H2,1H3,(H,21,23). The molecule has 5 nitrogen and oxygen atoms in total. The van der Waals surface area contributed by atoms with E-state index in [9.17, 15) is 14.4 Å². The summed E-state index contributed by atoms with van der Waals surface area (Å²) in [7, 11) is 0. The van der Waals surface area contributed by atoms with Gasteiger partial charge in [-0.15, -0.1) is 0 Å². The van der Waals surface area contributed by atoms with E-state index in [0.717, 1.165) is 0 Å². The molecule has 2 heterocycles. The van der Waals surface area contributed by atoms with Crippen LogP contribution in [0.3, 0.4) is 0 Å². The van der Waals surface area contributed by atoms with Crippen molar-refractivity contribution in [3.8, 4) is 11.8 Å². The fourth-order valence-electron chi connectivity index (χ4n) is 2.48. The molecule has 24 heavy (non-hydrogen) atoms. The van der Waals surface area contributed by atoms with Gasteiger partial charge in [-0.3, -0.25) is 4.79 Å². The van der Waals surface area contributed by atoms with Crippen LogP contribution in [0.25, 0.3) is 5.69 Å². The molecule has 1 amide bonds. The number of hydrogen-bond acceptors (Lipinski definition) is 3. The number of halogens is 1. The molecule has 0 aliphatic heterocycles. The third-order valence-electron chi connectivity index (χ3n) is 3.72. The summed E-state index contributed by atoms with van der Waals surface area (Å²) in [6.45, 7) is 1.82. The molecular weight excluding hydrogens is 309 g/mol. The molecule has 0 unspecified atom stereocenters. The lowest BCUT2D eigenvalue weighted by Gasteiger charge is -2.12. The van der Waals surface area contributed by atoms with Crippen LogP contribution in [0.15, 0.2) is 53.3 Å². The lowest BCUT2D eigenvalue weighted by molar-refractivity contribution is 0.0941. The van der Waals surface area contributed by atoms with E-state index < -0.39 is 5.91 Å². The average Bonchev–Trinajstić information content (AvgIpc) is 3.24. The summed E-state index contributed by atoms with van der Waals surface area (Å²) in [4.78, 5) is 12.6. The number of carbonyl (C=O) groups is 1. The topological polar surface area (TPSA) is 71.0 Å². The van der Waals surface area contributed by atoms with Crippen LogP contribution >= 0.6 is 0 Å². The quantitative estimate of drug-likeness (QED) is 0.800. The molecule has 3 rings (SSSR count). The third kappa shape index (κ3) is 2.79. The van der Waals surface area contributed by atoms with Gasteiger partial charge in [0.15, 0.2) is 0 Å². The van der Waals surface area contributed by atoms with Gasteiger partial charge in [-0.25, -0.2) is 4.39 Å². The van der Waals surface area contributed by atoms with Crippen molar-refractivity contribution in [3.05, 3.63) is 77.3 Å². The van der Waals surface area contributed by atoms with Crippen LogP contribution < -0.4 is 5.32 Å². The number of nitrogens with one attached hydrogen (secondary N) is 1. The van der Waals surface area contributed by atoms with Gasteiger partial charge in [0.25, 0.3) is 5.91 Å². The molecule has 0 radical (unpaired) electrons. The van der Waals surface area contributed by atoms with Crippen molar-refractivity contribution in [2.45, 2.75) is 13.5 Å². The van der Waals surface area contributed by atoms with Crippen molar-refractivity contribution in [2.75, 3.05) is 0 Å². The molecule has 0 aliphatic rings. The number of aromatic nitrogens is 1. The van der Waals surface area contributed by atoms with E-state index in [0.29, 0.717) is 17.0 Å². The molecule has 0 fully saturated rings. The molecule has 1 aromatic carbocycles. The Hall–Kier alpha value is -3.33. The van der Waals surface area contributed by atoms with E-state index in [1.807, 2.05) is 6.07 Å². The van der Waals surface area contributed by atoms with E-state index in [4.69, 9.17) is 4.42 Å². The minimum absolute atomic E-state index is 0.165. The second-order valence-corrected chi connectivity index (χ2v) is 5.21. The van der Waals surface area contributed by atoms with E-state index in [2.05, 4.69) is 5.32 Å². The van der Waals surface area contributed by atoms with Crippen molar-refractivity contribution in [1.82, 2.24) is 9.88 Å². The SMILES string of the molecule is Cc1c(F)cccc1-n1ccc(C#N)c1C(=O)NCc1ccco1. The van der Waals surface area contributed by atoms with Gasteiger partial charge in [0, 0.05) is 11.8 Å². The second-order valence-electron chi connectivity index (χ2n) is 5.21. The molecule has 1 N–H and O–H groups in total. The highest BCUT2D eigenvalue weighted by molar-refractivity contribution is 5.95. The largest absolute Gasteiger partial charge is 0.467 e. The monoisotopic (exact) mass is 323 g/mol. The summed E-state index contributed by atoms with van der Waals surface area (Å²) < 4.78 is 20.5. The van der Waals surface area contributed by atoms with Crippen LogP contribution in [0, 0.1) is 24.1 Å². The maximum Gasteiger partial charge on any atom is 0.270 e. The fraction of sp³-hybridized carbons (Fsp3) is 0.111. The Morgan fingerprint density at radius 2 is 2.17 bits per heavy atom. The van der Waals surface area contributed by atoms with Crippen molar-refractivity contribution in [2.24, 2.45) is 0 Å². The third-order valence-corrected chi connectivity index (χ3v) is 3.72. The summed E-state index contributed by atoms with van der Waals surface area (Å²) in [6.07, 6.45) is 3.10. The highest BCUT2D eigenvalue weighted by atomic mass is 19.1. The summed E-state index contributed by atoms with van der Waals surface area (Å²) in [5, 5.41) is 12.0. The Kier molecular flexibility index (Phi) is 4.17. The molecule has 6 heteroatoms. The Bertz CT molecular complexity index is 920. The number of rotatable bonds is 4. The average molecular weight is 323 g/mol. The van der Waals surface area contributed by atoms with Crippen LogP contribution in [0.5, 0.6) is 0 Å². The zero-order valence-electron chi connectivity index (χ0n) is 12.9. The number of nitrogens with zero attached hydrogens (tertiary/aromatic N) is 2. The van der Waals surface area contributed by atoms with E-state index in [-0.39, 0.29) is 23.6 Å². The normalized spacial score (nSPS) is 10.4. The molecule has 2 aromatic heterocycles.